The highest BCUT2D eigenvalue weighted by atomic mass is 19.3. The maximum Gasteiger partial charge on any atom is 0.314 e. The van der Waals surface area contributed by atoms with Gasteiger partial charge in [-0.05, 0) is 18.2 Å². The van der Waals surface area contributed by atoms with Gasteiger partial charge in [0, 0.05) is 25.3 Å². The number of carbonyl (C=O) groups excluding carboxylic acids is 1. The second-order valence-corrected chi connectivity index (χ2v) is 6.51. The zero-order valence-electron chi connectivity index (χ0n) is 15.6. The van der Waals surface area contributed by atoms with Crippen LogP contribution >= 0.6 is 0 Å². The average Bonchev–Trinajstić information content (AvgIpc) is 3.23. The molecule has 0 radical (unpaired) electrons. The number of likely N-dealkylation sites (N-methyl/N-ethyl adjacent to an activating group) is 1. The number of nitrogens with zero attached hydrogens (tertiary/aromatic N) is 3. The Bertz CT molecular complexity index is 1040. The van der Waals surface area contributed by atoms with Crippen molar-refractivity contribution in [3.05, 3.63) is 65.5 Å². The number of ether oxygens (including phenoxy) is 2. The molecule has 3 aromatic rings. The van der Waals surface area contributed by atoms with Crippen molar-refractivity contribution >= 4 is 5.91 Å². The number of carbonyl (C=O) groups is 1. The second kappa shape index (κ2) is 7.25. The van der Waals surface area contributed by atoms with Crippen LogP contribution in [0.2, 0.25) is 0 Å². The van der Waals surface area contributed by atoms with E-state index in [1.807, 2.05) is 30.3 Å². The standard InChI is InChI=1S/C20H17F2N3O4/c1-25-19(26)14-10-12(17-23-24-18(28-17)16(21)22)8-9-15(14)29-20(25,11-27-2)13-6-4-3-5-7-13/h3-10,16H,11H2,1-2H3. The number of rotatable bonds is 5. The Morgan fingerprint density at radius 2 is 1.93 bits per heavy atom. The summed E-state index contributed by atoms with van der Waals surface area (Å²) < 4.78 is 42.0. The molecule has 1 aliphatic heterocycles. The van der Waals surface area contributed by atoms with Gasteiger partial charge in [-0.15, -0.1) is 10.2 Å². The van der Waals surface area contributed by atoms with E-state index in [0.717, 1.165) is 5.56 Å². The molecule has 4 rings (SSSR count). The lowest BCUT2D eigenvalue weighted by Gasteiger charge is -2.45. The van der Waals surface area contributed by atoms with Gasteiger partial charge >= 0.3 is 6.43 Å². The van der Waals surface area contributed by atoms with Gasteiger partial charge in [0.25, 0.3) is 11.8 Å². The van der Waals surface area contributed by atoms with Crippen LogP contribution in [0, 0.1) is 0 Å². The Hall–Kier alpha value is -3.33. The van der Waals surface area contributed by atoms with E-state index in [2.05, 4.69) is 10.2 Å². The SMILES string of the molecule is COCC1(c2ccccc2)Oc2ccc(-c3nnc(C(F)F)o3)cc2C(=O)N1C. The average molecular weight is 401 g/mol. The zero-order chi connectivity index (χ0) is 20.6. The first kappa shape index (κ1) is 19.0. The Kier molecular flexibility index (Phi) is 4.75. The summed E-state index contributed by atoms with van der Waals surface area (Å²) in [4.78, 5) is 14.6. The molecule has 29 heavy (non-hydrogen) atoms. The topological polar surface area (TPSA) is 77.7 Å². The molecule has 9 heteroatoms. The van der Waals surface area contributed by atoms with Crippen LogP contribution in [0.4, 0.5) is 8.78 Å². The van der Waals surface area contributed by atoms with Crippen molar-refractivity contribution in [1.29, 1.82) is 0 Å². The van der Waals surface area contributed by atoms with Crippen LogP contribution in [-0.4, -0.2) is 41.8 Å². The van der Waals surface area contributed by atoms with E-state index in [1.165, 1.54) is 18.1 Å². The third-order valence-corrected chi connectivity index (χ3v) is 4.77. The van der Waals surface area contributed by atoms with Crippen molar-refractivity contribution < 1.29 is 27.5 Å². The van der Waals surface area contributed by atoms with Gasteiger partial charge in [-0.1, -0.05) is 30.3 Å². The van der Waals surface area contributed by atoms with E-state index in [-0.39, 0.29) is 24.0 Å². The van der Waals surface area contributed by atoms with Gasteiger partial charge in [-0.25, -0.2) is 0 Å². The molecule has 0 saturated heterocycles. The molecule has 0 spiro atoms. The predicted octanol–water partition coefficient (Wildman–Crippen LogP) is 3.64. The van der Waals surface area contributed by atoms with Crippen LogP contribution in [0.3, 0.4) is 0 Å². The minimum atomic E-state index is -2.87. The fraction of sp³-hybridized carbons (Fsp3) is 0.250. The van der Waals surface area contributed by atoms with Crippen LogP contribution in [0.15, 0.2) is 52.9 Å². The fourth-order valence-corrected chi connectivity index (χ4v) is 3.31. The molecular formula is C20H17F2N3O4. The number of hydrogen-bond donors (Lipinski definition) is 0. The third kappa shape index (κ3) is 3.13. The molecule has 1 aliphatic rings. The molecule has 0 bridgehead atoms. The number of benzene rings is 2. The normalized spacial score (nSPS) is 18.7. The molecule has 1 amide bonds. The summed E-state index contributed by atoms with van der Waals surface area (Å²) in [5, 5.41) is 6.94. The summed E-state index contributed by atoms with van der Waals surface area (Å²) in [7, 11) is 3.15. The summed E-state index contributed by atoms with van der Waals surface area (Å²) in [6.07, 6.45) is -2.87. The van der Waals surface area contributed by atoms with E-state index in [9.17, 15) is 13.6 Å². The molecule has 2 aromatic carbocycles. The van der Waals surface area contributed by atoms with E-state index in [4.69, 9.17) is 13.9 Å². The Balaban J connectivity index is 1.77. The Morgan fingerprint density at radius 1 is 1.17 bits per heavy atom. The van der Waals surface area contributed by atoms with Crippen molar-refractivity contribution in [1.82, 2.24) is 15.1 Å². The highest BCUT2D eigenvalue weighted by molar-refractivity contribution is 5.99. The van der Waals surface area contributed by atoms with Crippen molar-refractivity contribution in [3.8, 4) is 17.2 Å². The Morgan fingerprint density at radius 3 is 2.59 bits per heavy atom. The molecule has 1 unspecified atom stereocenters. The summed E-state index contributed by atoms with van der Waals surface area (Å²) in [6, 6.07) is 13.9. The van der Waals surface area contributed by atoms with Gasteiger partial charge in [0.15, 0.2) is 0 Å². The highest BCUT2D eigenvalue weighted by Gasteiger charge is 2.47. The van der Waals surface area contributed by atoms with Crippen LogP contribution in [0.1, 0.15) is 28.2 Å². The zero-order valence-corrected chi connectivity index (χ0v) is 15.6. The summed E-state index contributed by atoms with van der Waals surface area (Å²) >= 11 is 0. The lowest BCUT2D eigenvalue weighted by Crippen LogP contribution is -2.57. The number of halogens is 2. The van der Waals surface area contributed by atoms with E-state index >= 15 is 0 Å². The van der Waals surface area contributed by atoms with Crippen LogP contribution in [0.5, 0.6) is 5.75 Å². The maximum atomic E-state index is 13.2. The van der Waals surface area contributed by atoms with Crippen LogP contribution in [-0.2, 0) is 10.5 Å². The Labute approximate surface area is 164 Å². The lowest BCUT2D eigenvalue weighted by molar-refractivity contribution is -0.112. The van der Waals surface area contributed by atoms with Gasteiger partial charge in [0.2, 0.25) is 11.6 Å². The van der Waals surface area contributed by atoms with Crippen molar-refractivity contribution in [2.75, 3.05) is 20.8 Å². The quantitative estimate of drug-likeness (QED) is 0.650. The molecule has 150 valence electrons. The third-order valence-electron chi connectivity index (χ3n) is 4.77. The van der Waals surface area contributed by atoms with Gasteiger partial charge in [-0.2, -0.15) is 8.78 Å². The monoisotopic (exact) mass is 401 g/mol. The van der Waals surface area contributed by atoms with Gasteiger partial charge < -0.3 is 13.9 Å². The number of amides is 1. The van der Waals surface area contributed by atoms with Crippen LogP contribution < -0.4 is 4.74 Å². The molecule has 0 N–H and O–H groups in total. The van der Waals surface area contributed by atoms with Crippen molar-refractivity contribution in [2.24, 2.45) is 0 Å². The van der Waals surface area contributed by atoms with Gasteiger partial charge in [0.05, 0.1) is 5.56 Å². The van der Waals surface area contributed by atoms with Crippen molar-refractivity contribution in [2.45, 2.75) is 12.2 Å². The number of aromatic nitrogens is 2. The van der Waals surface area contributed by atoms with Gasteiger partial charge in [-0.3, -0.25) is 9.69 Å². The smallest absolute Gasteiger partial charge is 0.314 e. The molecule has 1 aromatic heterocycles. The molecule has 0 saturated carbocycles. The number of alkyl halides is 2. The van der Waals surface area contributed by atoms with E-state index < -0.39 is 18.0 Å². The molecule has 0 aliphatic carbocycles. The number of fused-ring (bicyclic) bond motifs is 1. The lowest BCUT2D eigenvalue weighted by atomic mass is 9.97. The molecule has 1 atom stereocenters. The number of hydrogen-bond acceptors (Lipinski definition) is 6. The number of methoxy groups -OCH3 is 1. The fourth-order valence-electron chi connectivity index (χ4n) is 3.31. The minimum absolute atomic E-state index is 0.102. The molecule has 0 fully saturated rings. The molecular weight excluding hydrogens is 384 g/mol. The largest absolute Gasteiger partial charge is 0.460 e. The maximum absolute atomic E-state index is 13.2. The first-order valence-corrected chi connectivity index (χ1v) is 8.74. The first-order valence-electron chi connectivity index (χ1n) is 8.74. The van der Waals surface area contributed by atoms with Crippen molar-refractivity contribution in [3.63, 3.8) is 0 Å². The van der Waals surface area contributed by atoms with Crippen LogP contribution in [0.25, 0.3) is 11.5 Å². The predicted molar refractivity (Wildman–Crippen MR) is 97.4 cm³/mol. The molecule has 2 heterocycles. The van der Waals surface area contributed by atoms with E-state index in [1.54, 1.807) is 19.2 Å². The minimum Gasteiger partial charge on any atom is -0.460 e. The summed E-state index contributed by atoms with van der Waals surface area (Å²) in [6.45, 7) is 0.113. The summed E-state index contributed by atoms with van der Waals surface area (Å²) in [5.74, 6) is -0.857. The highest BCUT2D eigenvalue weighted by Crippen LogP contribution is 2.40. The first-order chi connectivity index (χ1) is 14.0. The van der Waals surface area contributed by atoms with Gasteiger partial charge in [0.1, 0.15) is 12.4 Å². The van der Waals surface area contributed by atoms with E-state index in [0.29, 0.717) is 11.3 Å². The molecule has 7 nitrogen and oxygen atoms in total. The second-order valence-electron chi connectivity index (χ2n) is 6.51. The summed E-state index contributed by atoms with van der Waals surface area (Å²) in [5.41, 5.74) is 0.206.